The first kappa shape index (κ1) is 17.0. The molecule has 6 heteroatoms. The molecule has 0 atom stereocenters. The summed E-state index contributed by atoms with van der Waals surface area (Å²) in [6.45, 7) is 9.42. The van der Waals surface area contributed by atoms with Gasteiger partial charge in [-0.25, -0.2) is 0 Å². The fourth-order valence-electron chi connectivity index (χ4n) is 2.63. The minimum Gasteiger partial charge on any atom is -0.351 e. The van der Waals surface area contributed by atoms with E-state index >= 15 is 0 Å². The van der Waals surface area contributed by atoms with Gasteiger partial charge in [0.15, 0.2) is 0 Å². The Morgan fingerprint density at radius 3 is 2.59 bits per heavy atom. The standard InChI is InChI=1S/C16H25N3O2S/c1-13(2)11-18-6-8-19(9-7-18)15(20)3-5-17-16(21)14-4-10-22-12-14/h4,10,12-13H,3,5-9,11H2,1-2H3,(H,17,21). The molecule has 0 spiro atoms. The van der Waals surface area contributed by atoms with Crippen molar-refractivity contribution in [2.24, 2.45) is 5.92 Å². The van der Waals surface area contributed by atoms with Gasteiger partial charge in [-0.3, -0.25) is 14.5 Å². The van der Waals surface area contributed by atoms with E-state index in [0.717, 1.165) is 32.7 Å². The van der Waals surface area contributed by atoms with Gasteiger partial charge in [-0.05, 0) is 17.4 Å². The van der Waals surface area contributed by atoms with Crippen LogP contribution in [-0.2, 0) is 4.79 Å². The van der Waals surface area contributed by atoms with Crippen LogP contribution in [0.1, 0.15) is 30.6 Å². The second-order valence-electron chi connectivity index (χ2n) is 6.09. The fraction of sp³-hybridized carbons (Fsp3) is 0.625. The lowest BCUT2D eigenvalue weighted by Crippen LogP contribution is -2.49. The highest BCUT2D eigenvalue weighted by Gasteiger charge is 2.21. The fourth-order valence-corrected chi connectivity index (χ4v) is 3.27. The van der Waals surface area contributed by atoms with Crippen molar-refractivity contribution in [2.45, 2.75) is 20.3 Å². The zero-order valence-electron chi connectivity index (χ0n) is 13.4. The summed E-state index contributed by atoms with van der Waals surface area (Å²) in [5.41, 5.74) is 0.666. The van der Waals surface area contributed by atoms with Crippen LogP contribution in [0.2, 0.25) is 0 Å². The molecule has 1 aromatic heterocycles. The van der Waals surface area contributed by atoms with Crippen LogP contribution in [-0.4, -0.2) is 60.9 Å². The number of nitrogens with one attached hydrogen (secondary N) is 1. The van der Waals surface area contributed by atoms with Gasteiger partial charge in [0.05, 0.1) is 0 Å². The van der Waals surface area contributed by atoms with E-state index in [1.807, 2.05) is 15.7 Å². The molecule has 5 nitrogen and oxygen atoms in total. The molecule has 2 heterocycles. The summed E-state index contributed by atoms with van der Waals surface area (Å²) in [6, 6.07) is 1.79. The third-order valence-corrected chi connectivity index (χ3v) is 4.44. The lowest BCUT2D eigenvalue weighted by atomic mass is 10.2. The molecule has 2 amide bonds. The molecule has 0 bridgehead atoms. The van der Waals surface area contributed by atoms with Gasteiger partial charge in [-0.1, -0.05) is 13.8 Å². The second kappa shape index (κ2) is 8.29. The molecule has 0 unspecified atom stereocenters. The van der Waals surface area contributed by atoms with E-state index in [2.05, 4.69) is 24.1 Å². The topological polar surface area (TPSA) is 52.6 Å². The van der Waals surface area contributed by atoms with Crippen molar-refractivity contribution in [3.8, 4) is 0 Å². The monoisotopic (exact) mass is 323 g/mol. The summed E-state index contributed by atoms with van der Waals surface area (Å²) in [4.78, 5) is 28.2. The normalized spacial score (nSPS) is 16.0. The average Bonchev–Trinajstić information content (AvgIpc) is 3.01. The summed E-state index contributed by atoms with van der Waals surface area (Å²) in [5, 5.41) is 6.48. The summed E-state index contributed by atoms with van der Waals surface area (Å²) in [7, 11) is 0. The Bertz CT molecular complexity index is 480. The Hall–Kier alpha value is -1.40. The molecule has 0 aliphatic carbocycles. The molecule has 1 fully saturated rings. The van der Waals surface area contributed by atoms with Crippen LogP contribution in [0, 0.1) is 5.92 Å². The van der Waals surface area contributed by atoms with Gasteiger partial charge >= 0.3 is 0 Å². The molecule has 1 aromatic rings. The Labute approximate surface area is 136 Å². The first-order chi connectivity index (χ1) is 10.6. The van der Waals surface area contributed by atoms with E-state index in [0.29, 0.717) is 24.4 Å². The molecule has 1 aliphatic rings. The summed E-state index contributed by atoms with van der Waals surface area (Å²) in [5.74, 6) is 0.695. The maximum absolute atomic E-state index is 12.2. The van der Waals surface area contributed by atoms with E-state index in [1.165, 1.54) is 11.3 Å². The Kier molecular flexibility index (Phi) is 6.39. The van der Waals surface area contributed by atoms with Crippen LogP contribution in [0.15, 0.2) is 16.8 Å². The third-order valence-electron chi connectivity index (χ3n) is 3.76. The van der Waals surface area contributed by atoms with Crippen molar-refractivity contribution in [1.29, 1.82) is 0 Å². The minimum atomic E-state index is -0.101. The molecule has 122 valence electrons. The third kappa shape index (κ3) is 5.10. The Morgan fingerprint density at radius 1 is 1.27 bits per heavy atom. The first-order valence-electron chi connectivity index (χ1n) is 7.87. The van der Waals surface area contributed by atoms with Crippen molar-refractivity contribution in [2.75, 3.05) is 39.3 Å². The van der Waals surface area contributed by atoms with E-state index in [-0.39, 0.29) is 11.8 Å². The number of hydrogen-bond donors (Lipinski definition) is 1. The maximum atomic E-state index is 12.2. The van der Waals surface area contributed by atoms with Gasteiger partial charge in [0, 0.05) is 56.6 Å². The Morgan fingerprint density at radius 2 is 2.00 bits per heavy atom. The van der Waals surface area contributed by atoms with Crippen LogP contribution in [0.3, 0.4) is 0 Å². The molecule has 22 heavy (non-hydrogen) atoms. The van der Waals surface area contributed by atoms with Crippen molar-refractivity contribution in [3.63, 3.8) is 0 Å². The van der Waals surface area contributed by atoms with Crippen molar-refractivity contribution in [3.05, 3.63) is 22.4 Å². The van der Waals surface area contributed by atoms with E-state index < -0.39 is 0 Å². The van der Waals surface area contributed by atoms with Gasteiger partial charge in [0.2, 0.25) is 5.91 Å². The average molecular weight is 323 g/mol. The molecule has 0 radical (unpaired) electrons. The van der Waals surface area contributed by atoms with Crippen LogP contribution in [0.4, 0.5) is 0 Å². The van der Waals surface area contributed by atoms with Crippen LogP contribution >= 0.6 is 11.3 Å². The summed E-state index contributed by atoms with van der Waals surface area (Å²) in [6.07, 6.45) is 0.375. The van der Waals surface area contributed by atoms with Gasteiger partial charge in [0.25, 0.3) is 5.91 Å². The van der Waals surface area contributed by atoms with Crippen molar-refractivity contribution in [1.82, 2.24) is 15.1 Å². The quantitative estimate of drug-likeness (QED) is 0.866. The number of amides is 2. The molecule has 1 N–H and O–H groups in total. The van der Waals surface area contributed by atoms with Gasteiger partial charge in [-0.2, -0.15) is 11.3 Å². The summed E-state index contributed by atoms with van der Waals surface area (Å²) < 4.78 is 0. The minimum absolute atomic E-state index is 0.101. The lowest BCUT2D eigenvalue weighted by molar-refractivity contribution is -0.132. The smallest absolute Gasteiger partial charge is 0.252 e. The van der Waals surface area contributed by atoms with E-state index in [4.69, 9.17) is 0 Å². The maximum Gasteiger partial charge on any atom is 0.252 e. The molecule has 2 rings (SSSR count). The number of thiophene rings is 1. The SMILES string of the molecule is CC(C)CN1CCN(C(=O)CCNC(=O)c2ccsc2)CC1. The number of carbonyl (C=O) groups is 2. The second-order valence-corrected chi connectivity index (χ2v) is 6.87. The molecular formula is C16H25N3O2S. The molecule has 0 aromatic carbocycles. The largest absolute Gasteiger partial charge is 0.351 e. The first-order valence-corrected chi connectivity index (χ1v) is 8.81. The lowest BCUT2D eigenvalue weighted by Gasteiger charge is -2.35. The highest BCUT2D eigenvalue weighted by molar-refractivity contribution is 7.08. The highest BCUT2D eigenvalue weighted by Crippen LogP contribution is 2.07. The van der Waals surface area contributed by atoms with Crippen molar-refractivity contribution < 1.29 is 9.59 Å². The molecular weight excluding hydrogens is 298 g/mol. The zero-order chi connectivity index (χ0) is 15.9. The van der Waals surface area contributed by atoms with Crippen LogP contribution < -0.4 is 5.32 Å². The molecule has 0 saturated carbocycles. The number of hydrogen-bond acceptors (Lipinski definition) is 4. The van der Waals surface area contributed by atoms with E-state index in [9.17, 15) is 9.59 Å². The molecule has 1 saturated heterocycles. The van der Waals surface area contributed by atoms with Gasteiger partial charge in [0.1, 0.15) is 0 Å². The predicted molar refractivity (Wildman–Crippen MR) is 89.1 cm³/mol. The summed E-state index contributed by atoms with van der Waals surface area (Å²) >= 11 is 1.49. The van der Waals surface area contributed by atoms with Crippen LogP contribution in [0.25, 0.3) is 0 Å². The van der Waals surface area contributed by atoms with Crippen LogP contribution in [0.5, 0.6) is 0 Å². The van der Waals surface area contributed by atoms with Gasteiger partial charge in [-0.15, -0.1) is 0 Å². The highest BCUT2D eigenvalue weighted by atomic mass is 32.1. The number of nitrogens with zero attached hydrogens (tertiary/aromatic N) is 2. The van der Waals surface area contributed by atoms with Crippen molar-refractivity contribution >= 4 is 23.2 Å². The molecule has 1 aliphatic heterocycles. The van der Waals surface area contributed by atoms with E-state index in [1.54, 1.807) is 6.07 Å². The Balaban J connectivity index is 1.65. The number of carbonyl (C=O) groups excluding carboxylic acids is 2. The predicted octanol–water partition coefficient (Wildman–Crippen LogP) is 1.67. The number of piperazine rings is 1. The zero-order valence-corrected chi connectivity index (χ0v) is 14.2. The van der Waals surface area contributed by atoms with Gasteiger partial charge < -0.3 is 10.2 Å². The number of rotatable bonds is 6.